The van der Waals surface area contributed by atoms with Crippen molar-refractivity contribution < 1.29 is 0 Å². The van der Waals surface area contributed by atoms with Gasteiger partial charge in [-0.25, -0.2) is 0 Å². The lowest BCUT2D eigenvalue weighted by Crippen LogP contribution is -2.43. The average Bonchev–Trinajstić information content (AvgIpc) is 2.46. The van der Waals surface area contributed by atoms with Crippen molar-refractivity contribution >= 4 is 0 Å². The Morgan fingerprint density at radius 1 is 0.400 bits per heavy atom. The van der Waals surface area contributed by atoms with Crippen molar-refractivity contribution in [3.63, 3.8) is 0 Å². The summed E-state index contributed by atoms with van der Waals surface area (Å²) in [5, 5.41) is 7.26. The summed E-state index contributed by atoms with van der Waals surface area (Å²) in [7, 11) is 0. The zero-order chi connectivity index (χ0) is 13.9. The predicted molar refractivity (Wildman–Crippen MR) is 86.3 cm³/mol. The molecule has 20 heavy (non-hydrogen) atoms. The first-order chi connectivity index (χ1) is 9.95. The Morgan fingerprint density at radius 2 is 0.750 bits per heavy atom. The third-order valence-electron chi connectivity index (χ3n) is 4.62. The minimum absolute atomic E-state index is 1.15. The molecule has 3 rings (SSSR count). The Morgan fingerprint density at radius 3 is 1.15 bits per heavy atom. The van der Waals surface area contributed by atoms with Crippen LogP contribution in [0, 0.1) is 0 Å². The highest BCUT2D eigenvalue weighted by molar-refractivity contribution is 4.68. The molecule has 3 heterocycles. The Bertz CT molecular complexity index is 193. The predicted octanol–water partition coefficient (Wildman–Crippen LogP) is 1.14. The van der Waals surface area contributed by atoms with E-state index in [4.69, 9.17) is 0 Å². The summed E-state index contributed by atoms with van der Waals surface area (Å²) in [6, 6.07) is 0. The molecule has 0 atom stereocenters. The Balaban J connectivity index is 1.88. The van der Waals surface area contributed by atoms with Gasteiger partial charge in [-0.3, -0.25) is 0 Å². The number of rotatable bonds is 0. The maximum absolute atomic E-state index is 3.63. The number of hydrogen-bond acceptors (Lipinski definition) is 4. The zero-order valence-corrected chi connectivity index (χ0v) is 13.2. The van der Waals surface area contributed by atoms with Gasteiger partial charge >= 0.3 is 0 Å². The van der Waals surface area contributed by atoms with Crippen molar-refractivity contribution in [1.29, 1.82) is 0 Å². The third-order valence-corrected chi connectivity index (χ3v) is 4.62. The number of hydrogen-bond donors (Lipinski definition) is 2. The number of nitrogens with zero attached hydrogens (tertiary/aromatic N) is 2. The van der Waals surface area contributed by atoms with Crippen LogP contribution in [0.15, 0.2) is 0 Å². The molecule has 0 aromatic heterocycles. The summed E-state index contributed by atoms with van der Waals surface area (Å²) in [4.78, 5) is 5.28. The van der Waals surface area contributed by atoms with Gasteiger partial charge in [-0.2, -0.15) is 0 Å². The fraction of sp³-hybridized carbons (Fsp3) is 1.00. The molecule has 118 valence electrons. The fourth-order valence-electron chi connectivity index (χ4n) is 3.25. The highest BCUT2D eigenvalue weighted by Gasteiger charge is 2.09. The minimum atomic E-state index is 1.15. The van der Waals surface area contributed by atoms with Crippen LogP contribution in [0.2, 0.25) is 0 Å². The first-order valence-corrected chi connectivity index (χ1v) is 8.81. The molecule has 0 amide bonds. The van der Waals surface area contributed by atoms with Crippen LogP contribution in [0.4, 0.5) is 0 Å². The van der Waals surface area contributed by atoms with Crippen molar-refractivity contribution in [2.24, 2.45) is 0 Å². The van der Waals surface area contributed by atoms with Gasteiger partial charge in [-0.1, -0.05) is 25.7 Å². The molecular weight excluding hydrogens is 248 g/mol. The van der Waals surface area contributed by atoms with E-state index >= 15 is 0 Å². The van der Waals surface area contributed by atoms with Gasteiger partial charge in [0.1, 0.15) is 0 Å². The summed E-state index contributed by atoms with van der Waals surface area (Å²) in [6.45, 7) is 12.0. The molecule has 3 fully saturated rings. The van der Waals surface area contributed by atoms with Crippen molar-refractivity contribution in [2.75, 3.05) is 65.4 Å². The van der Waals surface area contributed by atoms with Crippen LogP contribution in [0.5, 0.6) is 0 Å². The molecule has 0 aliphatic carbocycles. The summed E-state index contributed by atoms with van der Waals surface area (Å²) in [6.07, 6.45) is 8.47. The average molecular weight is 282 g/mol. The van der Waals surface area contributed by atoms with E-state index in [9.17, 15) is 0 Å². The smallest absolute Gasteiger partial charge is 0.0107 e. The molecule has 3 aliphatic heterocycles. The van der Waals surface area contributed by atoms with Crippen molar-refractivity contribution in [1.82, 2.24) is 20.4 Å². The summed E-state index contributed by atoms with van der Waals surface area (Å²) >= 11 is 0. The molecule has 3 saturated heterocycles. The van der Waals surface area contributed by atoms with Gasteiger partial charge in [0.2, 0.25) is 0 Å². The SMILES string of the molecule is C1CCCCN2CCNCCN(CCC1)CCNCC2. The van der Waals surface area contributed by atoms with Gasteiger partial charge in [-0.05, 0) is 25.9 Å². The van der Waals surface area contributed by atoms with E-state index in [0.29, 0.717) is 0 Å². The van der Waals surface area contributed by atoms with Gasteiger partial charge in [0, 0.05) is 52.4 Å². The van der Waals surface area contributed by atoms with Crippen LogP contribution < -0.4 is 10.6 Å². The maximum atomic E-state index is 3.63. The standard InChI is InChI=1S/C16H34N4/c1-2-4-6-12-20-15-9-17-7-13-19(11-5-3-1)14-8-18-10-16-20/h17-18H,1-16H2. The molecule has 0 aromatic rings. The second kappa shape index (κ2) is 10.6. The number of fused-ring (bicyclic) bond motifs is 15. The highest BCUT2D eigenvalue weighted by Crippen LogP contribution is 2.08. The molecule has 0 radical (unpaired) electrons. The van der Waals surface area contributed by atoms with E-state index in [1.165, 1.54) is 77.8 Å². The third kappa shape index (κ3) is 7.02. The van der Waals surface area contributed by atoms with Gasteiger partial charge in [0.05, 0.1) is 0 Å². The Labute approximate surface area is 125 Å². The second-order valence-electron chi connectivity index (χ2n) is 6.30. The number of nitrogens with one attached hydrogen (secondary N) is 2. The van der Waals surface area contributed by atoms with Gasteiger partial charge < -0.3 is 20.4 Å². The quantitative estimate of drug-likeness (QED) is 0.697. The van der Waals surface area contributed by atoms with Gasteiger partial charge in [-0.15, -0.1) is 0 Å². The fourth-order valence-corrected chi connectivity index (χ4v) is 3.25. The Kier molecular flexibility index (Phi) is 8.55. The molecule has 4 nitrogen and oxygen atoms in total. The summed E-state index contributed by atoms with van der Waals surface area (Å²) < 4.78 is 0. The van der Waals surface area contributed by atoms with Crippen LogP contribution in [0.25, 0.3) is 0 Å². The lowest BCUT2D eigenvalue weighted by atomic mass is 10.1. The van der Waals surface area contributed by atoms with E-state index in [2.05, 4.69) is 20.4 Å². The molecule has 2 bridgehead atoms. The van der Waals surface area contributed by atoms with Crippen LogP contribution >= 0.6 is 0 Å². The zero-order valence-electron chi connectivity index (χ0n) is 13.2. The molecular formula is C16H34N4. The molecule has 3 aliphatic rings. The lowest BCUT2D eigenvalue weighted by Gasteiger charge is -2.26. The molecule has 0 aromatic carbocycles. The second-order valence-corrected chi connectivity index (χ2v) is 6.30. The van der Waals surface area contributed by atoms with Crippen molar-refractivity contribution in [3.05, 3.63) is 0 Å². The maximum Gasteiger partial charge on any atom is 0.0107 e. The van der Waals surface area contributed by atoms with Crippen molar-refractivity contribution in [3.8, 4) is 0 Å². The normalized spacial score (nSPS) is 32.4. The van der Waals surface area contributed by atoms with Crippen LogP contribution in [0.1, 0.15) is 38.5 Å². The largest absolute Gasteiger partial charge is 0.314 e. The first kappa shape index (κ1) is 16.2. The molecule has 4 heteroatoms. The minimum Gasteiger partial charge on any atom is -0.314 e. The van der Waals surface area contributed by atoms with Crippen LogP contribution in [-0.4, -0.2) is 75.2 Å². The van der Waals surface area contributed by atoms with Crippen molar-refractivity contribution in [2.45, 2.75) is 38.5 Å². The molecule has 2 N–H and O–H groups in total. The van der Waals surface area contributed by atoms with Gasteiger partial charge in [0.25, 0.3) is 0 Å². The van der Waals surface area contributed by atoms with Gasteiger partial charge in [0.15, 0.2) is 0 Å². The van der Waals surface area contributed by atoms with E-state index < -0.39 is 0 Å². The van der Waals surface area contributed by atoms with Crippen LogP contribution in [0.3, 0.4) is 0 Å². The Hall–Kier alpha value is -0.160. The lowest BCUT2D eigenvalue weighted by molar-refractivity contribution is 0.239. The van der Waals surface area contributed by atoms with E-state index in [1.807, 2.05) is 0 Å². The molecule has 0 unspecified atom stereocenters. The molecule has 0 spiro atoms. The highest BCUT2D eigenvalue weighted by atomic mass is 15.2. The van der Waals surface area contributed by atoms with E-state index in [1.54, 1.807) is 0 Å². The van der Waals surface area contributed by atoms with E-state index in [-0.39, 0.29) is 0 Å². The monoisotopic (exact) mass is 282 g/mol. The summed E-state index contributed by atoms with van der Waals surface area (Å²) in [5.74, 6) is 0. The van der Waals surface area contributed by atoms with E-state index in [0.717, 1.165) is 26.2 Å². The summed E-state index contributed by atoms with van der Waals surface area (Å²) in [5.41, 5.74) is 0. The topological polar surface area (TPSA) is 30.5 Å². The van der Waals surface area contributed by atoms with Crippen LogP contribution in [-0.2, 0) is 0 Å². The molecule has 0 saturated carbocycles. The first-order valence-electron chi connectivity index (χ1n) is 8.81.